The Labute approximate surface area is 243 Å². The molecule has 0 heterocycles. The molecule has 0 aliphatic heterocycles. The smallest absolute Gasteiger partial charge is 0.343 e. The minimum absolute atomic E-state index is 0.131. The number of hydrogen-bond acceptors (Lipinski definition) is 8. The molecule has 2 rings (SSSR count). The molecule has 0 bridgehead atoms. The Morgan fingerprint density at radius 1 is 0.854 bits per heavy atom. The van der Waals surface area contributed by atoms with Gasteiger partial charge in [0.1, 0.15) is 29.6 Å². The number of benzene rings is 2. The van der Waals surface area contributed by atoms with Crippen molar-refractivity contribution in [1.82, 2.24) is 0 Å². The van der Waals surface area contributed by atoms with Gasteiger partial charge in [-0.15, -0.1) is 0 Å². The van der Waals surface area contributed by atoms with Gasteiger partial charge in [-0.05, 0) is 73.4 Å². The highest BCUT2D eigenvalue weighted by molar-refractivity contribution is 5.91. The number of hydrogen-bond donors (Lipinski definition) is 1. The average Bonchev–Trinajstić information content (AvgIpc) is 2.98. The van der Waals surface area contributed by atoms with Crippen LogP contribution < -0.4 is 14.2 Å². The van der Waals surface area contributed by atoms with Crippen molar-refractivity contribution in [2.24, 2.45) is 0 Å². The molecule has 3 unspecified atom stereocenters. The second-order valence-electron chi connectivity index (χ2n) is 9.77. The zero-order chi connectivity index (χ0) is 30.0. The summed E-state index contributed by atoms with van der Waals surface area (Å²) in [4.78, 5) is 35.3. The number of esters is 2. The van der Waals surface area contributed by atoms with Crippen molar-refractivity contribution in [2.45, 2.75) is 90.1 Å². The van der Waals surface area contributed by atoms with E-state index in [-0.39, 0.29) is 6.42 Å². The van der Waals surface area contributed by atoms with Crippen LogP contribution in [0.1, 0.15) is 82.0 Å². The van der Waals surface area contributed by atoms with Crippen LogP contribution in [-0.4, -0.2) is 41.8 Å². The van der Waals surface area contributed by atoms with Crippen molar-refractivity contribution in [2.75, 3.05) is 0 Å². The first-order valence-corrected chi connectivity index (χ1v) is 14.2. The number of aldehydes is 1. The first-order chi connectivity index (χ1) is 19.8. The number of carbonyl (C=O) groups is 3. The molecule has 8 heteroatoms. The van der Waals surface area contributed by atoms with E-state index < -0.39 is 30.4 Å². The number of carbonyl (C=O) groups excluding carboxylic acids is 3. The Morgan fingerprint density at radius 3 is 2.07 bits per heavy atom. The molecular weight excluding hydrogens is 524 g/mol. The maximum Gasteiger partial charge on any atom is 0.343 e. The molecule has 41 heavy (non-hydrogen) atoms. The van der Waals surface area contributed by atoms with Gasteiger partial charge in [-0.3, -0.25) is 4.79 Å². The summed E-state index contributed by atoms with van der Waals surface area (Å²) in [5.74, 6) is 0.178. The van der Waals surface area contributed by atoms with Gasteiger partial charge in [-0.1, -0.05) is 52.7 Å². The molecule has 0 saturated heterocycles. The maximum atomic E-state index is 12.7. The number of rotatable bonds is 20. The minimum Gasteiger partial charge on any atom is -0.488 e. The minimum atomic E-state index is -0.874. The average molecular weight is 567 g/mol. The van der Waals surface area contributed by atoms with Gasteiger partial charge in [-0.2, -0.15) is 0 Å². The van der Waals surface area contributed by atoms with Crippen LogP contribution in [0.5, 0.6) is 17.2 Å². The number of aliphatic hydroxyl groups excluding tert-OH is 1. The van der Waals surface area contributed by atoms with Gasteiger partial charge in [0.25, 0.3) is 0 Å². The molecule has 0 spiro atoms. The summed E-state index contributed by atoms with van der Waals surface area (Å²) >= 11 is 0. The molecule has 0 fully saturated rings. The van der Waals surface area contributed by atoms with Crippen molar-refractivity contribution in [1.29, 1.82) is 0 Å². The largest absolute Gasteiger partial charge is 0.488 e. The van der Waals surface area contributed by atoms with Crippen molar-refractivity contribution in [3.63, 3.8) is 0 Å². The fraction of sp³-hybridized carbons (Fsp3) is 0.424. The topological polar surface area (TPSA) is 108 Å². The number of ether oxygens (including phenoxy) is 4. The fourth-order valence-corrected chi connectivity index (χ4v) is 3.99. The van der Waals surface area contributed by atoms with E-state index in [1.54, 1.807) is 48.5 Å². The van der Waals surface area contributed by atoms with Crippen LogP contribution in [0.4, 0.5) is 0 Å². The molecule has 2 aromatic rings. The molecule has 0 amide bonds. The normalized spacial score (nSPS) is 12.9. The molecule has 0 aliphatic rings. The van der Waals surface area contributed by atoms with E-state index in [4.69, 9.17) is 18.9 Å². The molecule has 0 saturated carbocycles. The monoisotopic (exact) mass is 566 g/mol. The van der Waals surface area contributed by atoms with Gasteiger partial charge in [0.2, 0.25) is 6.29 Å². The Bertz CT molecular complexity index is 1110. The Hall–Kier alpha value is -3.91. The standard InChI is InChI=1S/C33H42O8/c1-5-8-10-11-13-32(41-31(36)7-3)39-27-18-20-28(21-19-27)40-33(37)25-14-16-26(17-15-25)38-30(12-9-6-2)29(35)22-24(4)23-34/h7,14-21,23,29-30,32,35H,3-6,8-13,22H2,1-2H3. The lowest BCUT2D eigenvalue weighted by Crippen LogP contribution is -2.32. The van der Waals surface area contributed by atoms with Crippen LogP contribution in [0.3, 0.4) is 0 Å². The van der Waals surface area contributed by atoms with Crippen LogP contribution in [0.2, 0.25) is 0 Å². The SMILES string of the molecule is C=CC(=O)OC(CCCCCC)Oc1ccc(OC(=O)c2ccc(OC(CCCC)C(O)CC(=C)C=O)cc2)cc1. The summed E-state index contributed by atoms with van der Waals surface area (Å²) < 4.78 is 22.6. The van der Waals surface area contributed by atoms with Crippen molar-refractivity contribution in [3.8, 4) is 17.2 Å². The zero-order valence-corrected chi connectivity index (χ0v) is 24.1. The maximum absolute atomic E-state index is 12.7. The zero-order valence-electron chi connectivity index (χ0n) is 24.1. The summed E-state index contributed by atoms with van der Waals surface area (Å²) in [6.45, 7) is 11.2. The molecule has 0 aromatic heterocycles. The molecule has 0 aliphatic carbocycles. The molecule has 8 nitrogen and oxygen atoms in total. The van der Waals surface area contributed by atoms with E-state index in [2.05, 4.69) is 20.1 Å². The van der Waals surface area contributed by atoms with E-state index in [1.807, 2.05) is 6.92 Å². The van der Waals surface area contributed by atoms with Crippen LogP contribution in [-0.2, 0) is 14.3 Å². The van der Waals surface area contributed by atoms with Gasteiger partial charge in [0.05, 0.1) is 11.7 Å². The Balaban J connectivity index is 1.97. The second-order valence-corrected chi connectivity index (χ2v) is 9.77. The number of unbranched alkanes of at least 4 members (excludes halogenated alkanes) is 4. The predicted molar refractivity (Wildman–Crippen MR) is 157 cm³/mol. The highest BCUT2D eigenvalue weighted by Crippen LogP contribution is 2.24. The van der Waals surface area contributed by atoms with E-state index in [0.717, 1.165) is 44.6 Å². The summed E-state index contributed by atoms with van der Waals surface area (Å²) in [5.41, 5.74) is 0.625. The van der Waals surface area contributed by atoms with Crippen molar-refractivity contribution >= 4 is 18.2 Å². The summed E-state index contributed by atoms with van der Waals surface area (Å²) in [6, 6.07) is 12.9. The molecule has 222 valence electrons. The second kappa shape index (κ2) is 18.4. The van der Waals surface area contributed by atoms with Crippen LogP contribution in [0, 0.1) is 0 Å². The molecule has 0 radical (unpaired) electrons. The fourth-order valence-electron chi connectivity index (χ4n) is 3.99. The molecule has 2 aromatic carbocycles. The highest BCUT2D eigenvalue weighted by atomic mass is 16.7. The van der Waals surface area contributed by atoms with E-state index in [9.17, 15) is 19.5 Å². The van der Waals surface area contributed by atoms with Crippen LogP contribution in [0.25, 0.3) is 0 Å². The van der Waals surface area contributed by atoms with Gasteiger partial charge >= 0.3 is 11.9 Å². The van der Waals surface area contributed by atoms with E-state index in [0.29, 0.717) is 47.5 Å². The summed E-state index contributed by atoms with van der Waals surface area (Å²) in [5, 5.41) is 10.5. The predicted octanol–water partition coefficient (Wildman–Crippen LogP) is 6.75. The molecular formula is C33H42O8. The molecule has 3 atom stereocenters. The van der Waals surface area contributed by atoms with Gasteiger partial charge in [0.15, 0.2) is 0 Å². The summed E-state index contributed by atoms with van der Waals surface area (Å²) in [7, 11) is 0. The van der Waals surface area contributed by atoms with E-state index >= 15 is 0 Å². The quantitative estimate of drug-likeness (QED) is 0.0468. The first kappa shape index (κ1) is 33.3. The van der Waals surface area contributed by atoms with Crippen LogP contribution >= 0.6 is 0 Å². The first-order valence-electron chi connectivity index (χ1n) is 14.2. The Morgan fingerprint density at radius 2 is 1.46 bits per heavy atom. The van der Waals surface area contributed by atoms with E-state index in [1.165, 1.54) is 0 Å². The lowest BCUT2D eigenvalue weighted by molar-refractivity contribution is -0.158. The molecule has 1 N–H and O–H groups in total. The van der Waals surface area contributed by atoms with Gasteiger partial charge in [0, 0.05) is 18.9 Å². The van der Waals surface area contributed by atoms with Gasteiger partial charge < -0.3 is 24.1 Å². The third-order valence-corrected chi connectivity index (χ3v) is 6.30. The van der Waals surface area contributed by atoms with Crippen LogP contribution in [0.15, 0.2) is 73.3 Å². The Kier molecular flexibility index (Phi) is 15.0. The third-order valence-electron chi connectivity index (χ3n) is 6.30. The lowest BCUT2D eigenvalue weighted by Gasteiger charge is -2.24. The third kappa shape index (κ3) is 12.4. The van der Waals surface area contributed by atoms with Crippen molar-refractivity contribution < 1.29 is 38.4 Å². The lowest BCUT2D eigenvalue weighted by atomic mass is 10.0. The summed E-state index contributed by atoms with van der Waals surface area (Å²) in [6.07, 6.45) is 6.77. The number of aliphatic hydroxyl groups is 1. The highest BCUT2D eigenvalue weighted by Gasteiger charge is 2.22. The van der Waals surface area contributed by atoms with Gasteiger partial charge in [-0.25, -0.2) is 9.59 Å². The van der Waals surface area contributed by atoms with Crippen molar-refractivity contribution in [3.05, 3.63) is 78.9 Å².